The predicted molar refractivity (Wildman–Crippen MR) is 110 cm³/mol. The summed E-state index contributed by atoms with van der Waals surface area (Å²) in [5.74, 6) is 1.76. The Balaban J connectivity index is 1.24. The zero-order chi connectivity index (χ0) is 18.9. The first-order valence-electron chi connectivity index (χ1n) is 9.59. The Labute approximate surface area is 170 Å². The molecular weight excluding hydrogens is 394 g/mol. The van der Waals surface area contributed by atoms with Gasteiger partial charge in [0.05, 0.1) is 28.6 Å². The molecule has 1 aliphatic heterocycles. The lowest BCUT2D eigenvalue weighted by atomic mass is 10.2. The number of para-hydroxylation sites is 1. The van der Waals surface area contributed by atoms with Gasteiger partial charge in [-0.25, -0.2) is 4.98 Å². The number of nitrogens with one attached hydrogen (secondary N) is 1. The van der Waals surface area contributed by atoms with Crippen LogP contribution >= 0.6 is 23.1 Å². The number of aromatic nitrogens is 4. The lowest BCUT2D eigenvalue weighted by Gasteiger charge is -2.14. The number of anilines is 1. The van der Waals surface area contributed by atoms with E-state index in [4.69, 9.17) is 4.74 Å². The number of hydrogen-bond acceptors (Lipinski definition) is 7. The summed E-state index contributed by atoms with van der Waals surface area (Å²) in [6, 6.07) is 7.87. The van der Waals surface area contributed by atoms with E-state index >= 15 is 0 Å². The summed E-state index contributed by atoms with van der Waals surface area (Å²) in [6.45, 7) is 1.61. The Morgan fingerprint density at radius 2 is 2.18 bits per heavy atom. The standard InChI is InChI=1S/C19H21N5O2S2/c25-16(21-18-20-14-5-1-2-6-15(14)28-18)11-27-19-23-22-17(12-7-8-12)24(19)10-13-4-3-9-26-13/h1-2,5-6,12-13H,3-4,7-11H2,(H,20,21,25). The van der Waals surface area contributed by atoms with Gasteiger partial charge in [0.2, 0.25) is 5.91 Å². The summed E-state index contributed by atoms with van der Waals surface area (Å²) < 4.78 is 9.03. The van der Waals surface area contributed by atoms with E-state index in [0.717, 1.165) is 47.2 Å². The third kappa shape index (κ3) is 3.92. The Kier molecular flexibility index (Phi) is 5.04. The molecule has 0 bridgehead atoms. The first-order valence-corrected chi connectivity index (χ1v) is 11.4. The first-order chi connectivity index (χ1) is 13.8. The molecule has 0 radical (unpaired) electrons. The van der Waals surface area contributed by atoms with Gasteiger partial charge in [0.15, 0.2) is 10.3 Å². The number of thioether (sulfide) groups is 1. The second-order valence-electron chi connectivity index (χ2n) is 7.18. The van der Waals surface area contributed by atoms with Crippen molar-refractivity contribution in [1.29, 1.82) is 0 Å². The maximum absolute atomic E-state index is 12.4. The molecule has 9 heteroatoms. The highest BCUT2D eigenvalue weighted by Gasteiger charge is 2.32. The molecule has 146 valence electrons. The van der Waals surface area contributed by atoms with Gasteiger partial charge in [-0.1, -0.05) is 35.2 Å². The van der Waals surface area contributed by atoms with Crippen LogP contribution in [0.4, 0.5) is 5.13 Å². The van der Waals surface area contributed by atoms with Crippen molar-refractivity contribution in [3.8, 4) is 0 Å². The monoisotopic (exact) mass is 415 g/mol. The summed E-state index contributed by atoms with van der Waals surface area (Å²) in [5, 5.41) is 13.1. The molecule has 3 heterocycles. The predicted octanol–water partition coefficient (Wildman–Crippen LogP) is 3.68. The summed E-state index contributed by atoms with van der Waals surface area (Å²) in [4.78, 5) is 16.9. The highest BCUT2D eigenvalue weighted by Crippen LogP contribution is 2.40. The topological polar surface area (TPSA) is 81.9 Å². The van der Waals surface area contributed by atoms with Crippen molar-refractivity contribution in [2.45, 2.75) is 49.4 Å². The third-order valence-corrected chi connectivity index (χ3v) is 6.89. The fraction of sp³-hybridized carbons (Fsp3) is 0.474. The number of carbonyl (C=O) groups is 1. The van der Waals surface area contributed by atoms with Gasteiger partial charge in [-0.3, -0.25) is 4.79 Å². The summed E-state index contributed by atoms with van der Waals surface area (Å²) in [7, 11) is 0. The van der Waals surface area contributed by atoms with E-state index in [1.807, 2.05) is 24.3 Å². The molecule has 2 fully saturated rings. The molecule has 1 saturated heterocycles. The average molecular weight is 416 g/mol. The van der Waals surface area contributed by atoms with E-state index in [1.54, 1.807) is 0 Å². The molecule has 1 saturated carbocycles. The molecule has 1 aromatic carbocycles. The van der Waals surface area contributed by atoms with Gasteiger partial charge in [-0.2, -0.15) is 0 Å². The van der Waals surface area contributed by atoms with E-state index in [-0.39, 0.29) is 17.8 Å². The van der Waals surface area contributed by atoms with Crippen molar-refractivity contribution in [3.63, 3.8) is 0 Å². The second kappa shape index (κ2) is 7.81. The maximum Gasteiger partial charge on any atom is 0.236 e. The zero-order valence-corrected chi connectivity index (χ0v) is 17.0. The molecule has 28 heavy (non-hydrogen) atoms. The average Bonchev–Trinajstić information content (AvgIpc) is 3.09. The fourth-order valence-corrected chi connectivity index (χ4v) is 5.06. The van der Waals surface area contributed by atoms with Gasteiger partial charge >= 0.3 is 0 Å². The number of rotatable bonds is 7. The Bertz CT molecular complexity index is 958. The highest BCUT2D eigenvalue weighted by molar-refractivity contribution is 7.99. The Morgan fingerprint density at radius 3 is 2.96 bits per heavy atom. The van der Waals surface area contributed by atoms with Crippen LogP contribution in [0, 0.1) is 0 Å². The van der Waals surface area contributed by atoms with Gasteiger partial charge < -0.3 is 14.6 Å². The summed E-state index contributed by atoms with van der Waals surface area (Å²) >= 11 is 2.92. The highest BCUT2D eigenvalue weighted by atomic mass is 32.2. The van der Waals surface area contributed by atoms with Crippen LogP contribution in [0.2, 0.25) is 0 Å². The van der Waals surface area contributed by atoms with E-state index in [1.165, 1.54) is 35.9 Å². The van der Waals surface area contributed by atoms with Crippen molar-refractivity contribution in [3.05, 3.63) is 30.1 Å². The molecule has 7 nitrogen and oxygen atoms in total. The van der Waals surface area contributed by atoms with Crippen LogP contribution in [-0.4, -0.2) is 44.1 Å². The summed E-state index contributed by atoms with van der Waals surface area (Å²) in [5.41, 5.74) is 0.904. The SMILES string of the molecule is O=C(CSc1nnc(C2CC2)n1CC1CCCO1)Nc1nc2ccccc2s1. The molecular formula is C19H21N5O2S2. The Hall–Kier alpha value is -1.97. The lowest BCUT2D eigenvalue weighted by Crippen LogP contribution is -2.18. The quantitative estimate of drug-likeness (QED) is 0.593. The first kappa shape index (κ1) is 18.1. The van der Waals surface area contributed by atoms with Crippen LogP contribution in [0.15, 0.2) is 29.4 Å². The second-order valence-corrected chi connectivity index (χ2v) is 9.16. The molecule has 2 aliphatic rings. The number of ether oxygens (including phenoxy) is 1. The molecule has 1 N–H and O–H groups in total. The molecule has 3 aromatic rings. The van der Waals surface area contributed by atoms with E-state index in [9.17, 15) is 4.79 Å². The molecule has 1 atom stereocenters. The van der Waals surface area contributed by atoms with Crippen LogP contribution in [0.25, 0.3) is 10.2 Å². The van der Waals surface area contributed by atoms with Gasteiger partial charge in [0.25, 0.3) is 0 Å². The van der Waals surface area contributed by atoms with Crippen molar-refractivity contribution in [1.82, 2.24) is 19.7 Å². The molecule has 1 unspecified atom stereocenters. The van der Waals surface area contributed by atoms with Crippen LogP contribution in [0.3, 0.4) is 0 Å². The van der Waals surface area contributed by atoms with Gasteiger partial charge in [-0.05, 0) is 37.8 Å². The molecule has 1 amide bonds. The van der Waals surface area contributed by atoms with E-state index in [2.05, 4.69) is 25.1 Å². The van der Waals surface area contributed by atoms with Crippen molar-refractivity contribution in [2.75, 3.05) is 17.7 Å². The van der Waals surface area contributed by atoms with Gasteiger partial charge in [-0.15, -0.1) is 10.2 Å². The zero-order valence-electron chi connectivity index (χ0n) is 15.3. The fourth-order valence-electron chi connectivity index (χ4n) is 3.43. The minimum atomic E-state index is -0.0799. The normalized spacial score (nSPS) is 19.4. The number of thiazole rings is 1. The number of amides is 1. The number of fused-ring (bicyclic) bond motifs is 1. The van der Waals surface area contributed by atoms with Gasteiger partial charge in [0.1, 0.15) is 5.82 Å². The van der Waals surface area contributed by atoms with E-state index < -0.39 is 0 Å². The minimum Gasteiger partial charge on any atom is -0.376 e. The van der Waals surface area contributed by atoms with Crippen LogP contribution < -0.4 is 5.32 Å². The smallest absolute Gasteiger partial charge is 0.236 e. The van der Waals surface area contributed by atoms with Crippen LogP contribution in [0.1, 0.15) is 37.4 Å². The minimum absolute atomic E-state index is 0.0799. The van der Waals surface area contributed by atoms with Crippen LogP contribution in [0.5, 0.6) is 0 Å². The molecule has 2 aromatic heterocycles. The van der Waals surface area contributed by atoms with E-state index in [0.29, 0.717) is 11.0 Å². The number of hydrogen-bond donors (Lipinski definition) is 1. The third-order valence-electron chi connectivity index (χ3n) is 4.97. The van der Waals surface area contributed by atoms with Crippen molar-refractivity contribution in [2.24, 2.45) is 0 Å². The summed E-state index contributed by atoms with van der Waals surface area (Å²) in [6.07, 6.45) is 4.76. The maximum atomic E-state index is 12.4. The molecule has 0 spiro atoms. The lowest BCUT2D eigenvalue weighted by molar-refractivity contribution is -0.113. The largest absolute Gasteiger partial charge is 0.376 e. The molecule has 5 rings (SSSR count). The number of nitrogens with zero attached hydrogens (tertiary/aromatic N) is 4. The van der Waals surface area contributed by atoms with Crippen LogP contribution in [-0.2, 0) is 16.1 Å². The number of carbonyl (C=O) groups excluding carboxylic acids is 1. The number of benzene rings is 1. The van der Waals surface area contributed by atoms with Crippen molar-refractivity contribution >= 4 is 44.4 Å². The van der Waals surface area contributed by atoms with Gasteiger partial charge in [0, 0.05) is 12.5 Å². The van der Waals surface area contributed by atoms with Crippen molar-refractivity contribution < 1.29 is 9.53 Å². The molecule has 1 aliphatic carbocycles. The Morgan fingerprint density at radius 1 is 1.29 bits per heavy atom.